The topological polar surface area (TPSA) is 114 Å². The van der Waals surface area contributed by atoms with Crippen LogP contribution in [0.15, 0.2) is 11.9 Å². The molecule has 0 spiro atoms. The number of nitrogens with two attached hydrogens (primary N) is 2. The lowest BCUT2D eigenvalue weighted by molar-refractivity contribution is -0.133. The summed E-state index contributed by atoms with van der Waals surface area (Å²) in [6.07, 6.45) is 2.41. The SMILES string of the molecule is CCCNC(=O)C(C)(C)COCC(C)(C)CN(N)/C=C(\N)CO. The van der Waals surface area contributed by atoms with Crippen LogP contribution in [0.1, 0.15) is 41.0 Å². The maximum Gasteiger partial charge on any atom is 0.227 e. The van der Waals surface area contributed by atoms with Crippen molar-refractivity contribution in [1.29, 1.82) is 0 Å². The highest BCUT2D eigenvalue weighted by Crippen LogP contribution is 2.20. The summed E-state index contributed by atoms with van der Waals surface area (Å²) in [5.74, 6) is 5.84. The molecular weight excluding hydrogens is 296 g/mol. The number of hydrazine groups is 1. The van der Waals surface area contributed by atoms with Crippen molar-refractivity contribution in [1.82, 2.24) is 10.3 Å². The van der Waals surface area contributed by atoms with Crippen LogP contribution in [0.4, 0.5) is 0 Å². The van der Waals surface area contributed by atoms with Gasteiger partial charge in [-0.05, 0) is 20.3 Å². The number of hydrogen-bond acceptors (Lipinski definition) is 6. The minimum atomic E-state index is -0.575. The van der Waals surface area contributed by atoms with E-state index in [1.165, 1.54) is 11.2 Å². The van der Waals surface area contributed by atoms with E-state index >= 15 is 0 Å². The van der Waals surface area contributed by atoms with Gasteiger partial charge in [0.1, 0.15) is 0 Å². The molecular formula is C16H34N4O3. The molecule has 0 fully saturated rings. The number of hydrogen-bond donors (Lipinski definition) is 4. The monoisotopic (exact) mass is 330 g/mol. The summed E-state index contributed by atoms with van der Waals surface area (Å²) in [6, 6.07) is 0. The number of rotatable bonds is 11. The molecule has 0 aliphatic rings. The quantitative estimate of drug-likeness (QED) is 0.325. The lowest BCUT2D eigenvalue weighted by Gasteiger charge is -2.31. The Morgan fingerprint density at radius 1 is 1.30 bits per heavy atom. The third-order valence-corrected chi connectivity index (χ3v) is 3.23. The van der Waals surface area contributed by atoms with E-state index in [4.69, 9.17) is 21.4 Å². The molecule has 0 bridgehead atoms. The van der Waals surface area contributed by atoms with E-state index in [0.717, 1.165) is 6.42 Å². The average Bonchev–Trinajstić information content (AvgIpc) is 2.42. The highest BCUT2D eigenvalue weighted by molar-refractivity contribution is 5.81. The first-order valence-electron chi connectivity index (χ1n) is 7.98. The molecule has 0 saturated heterocycles. The number of carbonyl (C=O) groups excluding carboxylic acids is 1. The first kappa shape index (κ1) is 21.7. The number of ether oxygens (including phenoxy) is 1. The first-order chi connectivity index (χ1) is 10.5. The number of aliphatic hydroxyl groups is 1. The third-order valence-electron chi connectivity index (χ3n) is 3.23. The second-order valence-electron chi connectivity index (χ2n) is 7.33. The first-order valence-corrected chi connectivity index (χ1v) is 7.98. The summed E-state index contributed by atoms with van der Waals surface area (Å²) in [5, 5.41) is 13.2. The zero-order valence-electron chi connectivity index (χ0n) is 15.2. The summed E-state index contributed by atoms with van der Waals surface area (Å²) < 4.78 is 5.75. The van der Waals surface area contributed by atoms with E-state index in [-0.39, 0.29) is 17.9 Å². The molecule has 0 aromatic heterocycles. The van der Waals surface area contributed by atoms with Gasteiger partial charge in [-0.15, -0.1) is 0 Å². The molecule has 0 aromatic carbocycles. The predicted molar refractivity (Wildman–Crippen MR) is 91.9 cm³/mol. The molecule has 23 heavy (non-hydrogen) atoms. The zero-order valence-corrected chi connectivity index (χ0v) is 15.2. The fourth-order valence-electron chi connectivity index (χ4n) is 1.97. The van der Waals surface area contributed by atoms with Gasteiger partial charge in [-0.2, -0.15) is 0 Å². The van der Waals surface area contributed by atoms with Crippen LogP contribution in [0, 0.1) is 10.8 Å². The van der Waals surface area contributed by atoms with Crippen molar-refractivity contribution in [2.24, 2.45) is 22.4 Å². The molecule has 0 atom stereocenters. The minimum Gasteiger partial charge on any atom is -0.399 e. The van der Waals surface area contributed by atoms with Gasteiger partial charge in [0.15, 0.2) is 0 Å². The normalized spacial score (nSPS) is 13.1. The van der Waals surface area contributed by atoms with Crippen molar-refractivity contribution in [2.75, 3.05) is 32.9 Å². The summed E-state index contributed by atoms with van der Waals surface area (Å²) >= 11 is 0. The van der Waals surface area contributed by atoms with Gasteiger partial charge in [-0.3, -0.25) is 4.79 Å². The molecule has 0 aliphatic carbocycles. The van der Waals surface area contributed by atoms with Crippen molar-refractivity contribution in [2.45, 2.75) is 41.0 Å². The van der Waals surface area contributed by atoms with Crippen LogP contribution in [0.2, 0.25) is 0 Å². The average molecular weight is 330 g/mol. The van der Waals surface area contributed by atoms with Crippen LogP contribution >= 0.6 is 0 Å². The molecule has 1 amide bonds. The smallest absolute Gasteiger partial charge is 0.227 e. The Labute approximate surface area is 140 Å². The number of nitrogens with one attached hydrogen (secondary N) is 1. The van der Waals surface area contributed by atoms with E-state index in [9.17, 15) is 4.79 Å². The molecule has 0 unspecified atom stereocenters. The Bertz CT molecular complexity index is 395. The second-order valence-corrected chi connectivity index (χ2v) is 7.33. The summed E-state index contributed by atoms with van der Waals surface area (Å²) in [7, 11) is 0. The van der Waals surface area contributed by atoms with Crippen molar-refractivity contribution in [3.8, 4) is 0 Å². The van der Waals surface area contributed by atoms with E-state index in [2.05, 4.69) is 5.32 Å². The maximum atomic E-state index is 12.0. The Morgan fingerprint density at radius 3 is 2.43 bits per heavy atom. The van der Waals surface area contributed by atoms with Crippen LogP contribution in [-0.2, 0) is 9.53 Å². The lowest BCUT2D eigenvalue weighted by Crippen LogP contribution is -2.42. The Hall–Kier alpha value is -1.31. The molecule has 0 saturated carbocycles. The minimum absolute atomic E-state index is 0.00346. The van der Waals surface area contributed by atoms with E-state index in [1.54, 1.807) is 0 Å². The fraction of sp³-hybridized carbons (Fsp3) is 0.812. The molecule has 0 aliphatic heterocycles. The Kier molecular flexibility index (Phi) is 9.19. The van der Waals surface area contributed by atoms with Gasteiger partial charge in [-0.1, -0.05) is 20.8 Å². The highest BCUT2D eigenvalue weighted by atomic mass is 16.5. The van der Waals surface area contributed by atoms with Crippen molar-refractivity contribution < 1.29 is 14.6 Å². The predicted octanol–water partition coefficient (Wildman–Crippen LogP) is 0.550. The Morgan fingerprint density at radius 2 is 1.91 bits per heavy atom. The van der Waals surface area contributed by atoms with Crippen LogP contribution in [0.5, 0.6) is 0 Å². The molecule has 136 valence electrons. The number of nitrogens with zero attached hydrogens (tertiary/aromatic N) is 1. The number of carbonyl (C=O) groups is 1. The number of amides is 1. The van der Waals surface area contributed by atoms with Gasteiger partial charge in [0.2, 0.25) is 5.91 Å². The van der Waals surface area contributed by atoms with E-state index in [0.29, 0.717) is 32.0 Å². The van der Waals surface area contributed by atoms with Crippen LogP contribution in [0.3, 0.4) is 0 Å². The van der Waals surface area contributed by atoms with Crippen LogP contribution < -0.4 is 16.9 Å². The molecule has 0 heterocycles. The zero-order chi connectivity index (χ0) is 18.1. The van der Waals surface area contributed by atoms with Crippen LogP contribution in [-0.4, -0.2) is 48.9 Å². The largest absolute Gasteiger partial charge is 0.399 e. The maximum absolute atomic E-state index is 12.0. The van der Waals surface area contributed by atoms with Crippen molar-refractivity contribution in [3.63, 3.8) is 0 Å². The van der Waals surface area contributed by atoms with E-state index < -0.39 is 5.41 Å². The van der Waals surface area contributed by atoms with Crippen molar-refractivity contribution >= 4 is 5.91 Å². The fourth-order valence-corrected chi connectivity index (χ4v) is 1.97. The van der Waals surface area contributed by atoms with Gasteiger partial charge in [0.25, 0.3) is 0 Å². The summed E-state index contributed by atoms with van der Waals surface area (Å²) in [6.45, 7) is 11.5. The molecule has 0 aromatic rings. The molecule has 7 nitrogen and oxygen atoms in total. The lowest BCUT2D eigenvalue weighted by atomic mass is 9.92. The number of aliphatic hydroxyl groups excluding tert-OH is 1. The third kappa shape index (κ3) is 9.43. The van der Waals surface area contributed by atoms with Gasteiger partial charge < -0.3 is 25.9 Å². The molecule has 0 radical (unpaired) electrons. The molecule has 7 heteroatoms. The summed E-state index contributed by atoms with van der Waals surface area (Å²) in [5.41, 5.74) is 5.04. The molecule has 6 N–H and O–H groups in total. The highest BCUT2D eigenvalue weighted by Gasteiger charge is 2.29. The van der Waals surface area contributed by atoms with Crippen LogP contribution in [0.25, 0.3) is 0 Å². The molecule has 0 rings (SSSR count). The van der Waals surface area contributed by atoms with Gasteiger partial charge >= 0.3 is 0 Å². The van der Waals surface area contributed by atoms with Gasteiger partial charge in [0, 0.05) is 24.7 Å². The Balaban J connectivity index is 4.35. The standard InChI is InChI=1S/C16H34N4O3/c1-6-7-19-14(22)16(4,5)12-23-11-15(2,3)10-20(18)8-13(17)9-21/h8,21H,6-7,9-12,17-18H2,1-5H3,(H,19,22)/b13-8-. The van der Waals surface area contributed by atoms with Gasteiger partial charge in [0.05, 0.1) is 30.9 Å². The van der Waals surface area contributed by atoms with Gasteiger partial charge in [-0.25, -0.2) is 5.84 Å². The second kappa shape index (κ2) is 9.75. The van der Waals surface area contributed by atoms with Crippen molar-refractivity contribution in [3.05, 3.63) is 11.9 Å². The summed E-state index contributed by atoms with van der Waals surface area (Å²) in [4.78, 5) is 12.0. The van der Waals surface area contributed by atoms with E-state index in [1.807, 2.05) is 34.6 Å².